The fraction of sp³-hybridized carbons (Fsp3) is 0.806. The second-order valence-corrected chi connectivity index (χ2v) is 12.7. The average Bonchev–Trinajstić information content (AvgIpc) is 3.64. The zero-order valence-corrected chi connectivity index (χ0v) is 22.7. The lowest BCUT2D eigenvalue weighted by Gasteiger charge is -2.51. The largest absolute Gasteiger partial charge is 0.396 e. The molecular formula is C31H51NO2. The lowest BCUT2D eigenvalue weighted by molar-refractivity contribution is 0.00151. The van der Waals surface area contributed by atoms with Crippen molar-refractivity contribution >= 4 is 0 Å². The average molecular weight is 470 g/mol. The van der Waals surface area contributed by atoms with E-state index in [0.29, 0.717) is 10.8 Å². The van der Waals surface area contributed by atoms with E-state index in [0.717, 1.165) is 36.3 Å². The normalized spacial score (nSPS) is 39.7. The van der Waals surface area contributed by atoms with Crippen LogP contribution in [0.25, 0.3) is 0 Å². The van der Waals surface area contributed by atoms with Crippen LogP contribution >= 0.6 is 0 Å². The summed E-state index contributed by atoms with van der Waals surface area (Å²) >= 11 is 0. The van der Waals surface area contributed by atoms with E-state index in [2.05, 4.69) is 51.4 Å². The van der Waals surface area contributed by atoms with Gasteiger partial charge in [0.25, 0.3) is 0 Å². The minimum absolute atomic E-state index is 0.0433. The molecule has 0 aromatic rings. The molecule has 0 radical (unpaired) electrons. The Balaban J connectivity index is 1.44. The molecule has 34 heavy (non-hydrogen) atoms. The molecule has 0 aliphatic heterocycles. The van der Waals surface area contributed by atoms with Gasteiger partial charge in [0.1, 0.15) is 0 Å². The molecule has 0 unspecified atom stereocenters. The molecule has 1 N–H and O–H groups in total. The molecule has 0 spiro atoms. The first-order valence-corrected chi connectivity index (χ1v) is 14.1. The van der Waals surface area contributed by atoms with Gasteiger partial charge in [0.15, 0.2) is 0 Å². The topological polar surface area (TPSA) is 32.7 Å². The molecule has 0 aromatic heterocycles. The quantitative estimate of drug-likeness (QED) is 0.372. The van der Waals surface area contributed by atoms with Gasteiger partial charge in [-0.3, -0.25) is 0 Å². The Hall–Kier alpha value is -0.900. The number of aliphatic hydroxyl groups excluding tert-OH is 1. The minimum Gasteiger partial charge on any atom is -0.396 e. The lowest BCUT2D eigenvalue weighted by Crippen LogP contribution is -2.43. The van der Waals surface area contributed by atoms with Crippen LogP contribution in [0.1, 0.15) is 91.4 Å². The van der Waals surface area contributed by atoms with E-state index in [4.69, 9.17) is 4.74 Å². The summed E-state index contributed by atoms with van der Waals surface area (Å²) in [6.07, 6.45) is 19.0. The van der Waals surface area contributed by atoms with E-state index in [1.54, 1.807) is 12.7 Å². The fourth-order valence-corrected chi connectivity index (χ4v) is 7.95. The molecule has 0 saturated heterocycles. The number of hydrogen-bond acceptors (Lipinski definition) is 3. The molecule has 4 saturated carbocycles. The predicted octanol–water partition coefficient (Wildman–Crippen LogP) is 6.93. The van der Waals surface area contributed by atoms with Crippen molar-refractivity contribution in [2.75, 3.05) is 27.3 Å². The molecule has 0 amide bonds. The molecule has 192 valence electrons. The maximum absolute atomic E-state index is 9.84. The standard InChI is InChI=1S/C31H51NO2/c1-22(9-8-18-32(5)27-13-14-27)30(3)17-15-28-25(10-7-16-31(28,30)4)12-11-24-19-26(21-33)23(2)29(20-24)34-6/h11-12,22,26-29,33H,2,7-10,13-21H2,1,3-6H3/b24-11-,25-12+/t22-,26+,28+,29-,30-,31+/m1/s1. The van der Waals surface area contributed by atoms with Crippen molar-refractivity contribution in [3.8, 4) is 0 Å². The van der Waals surface area contributed by atoms with Crippen molar-refractivity contribution in [1.82, 2.24) is 4.90 Å². The van der Waals surface area contributed by atoms with Crippen molar-refractivity contribution < 1.29 is 9.84 Å². The molecule has 4 aliphatic rings. The highest BCUT2D eigenvalue weighted by Gasteiger charge is 2.57. The number of methoxy groups -OCH3 is 1. The van der Waals surface area contributed by atoms with Crippen LogP contribution in [0, 0.1) is 28.6 Å². The highest BCUT2D eigenvalue weighted by Crippen LogP contribution is 2.66. The Morgan fingerprint density at radius 3 is 2.62 bits per heavy atom. The first-order valence-electron chi connectivity index (χ1n) is 14.1. The Bertz CT molecular complexity index is 777. The van der Waals surface area contributed by atoms with Crippen molar-refractivity contribution in [2.45, 2.75) is 104 Å². The molecule has 4 rings (SSSR count). The summed E-state index contributed by atoms with van der Waals surface area (Å²) in [5, 5.41) is 9.84. The summed E-state index contributed by atoms with van der Waals surface area (Å²) in [6, 6.07) is 0.883. The number of ether oxygens (including phenoxy) is 1. The summed E-state index contributed by atoms with van der Waals surface area (Å²) in [5.41, 5.74) is 5.01. The van der Waals surface area contributed by atoms with Crippen LogP contribution in [0.2, 0.25) is 0 Å². The van der Waals surface area contributed by atoms with Gasteiger partial charge in [0, 0.05) is 25.7 Å². The Kier molecular flexibility index (Phi) is 8.17. The van der Waals surface area contributed by atoms with Gasteiger partial charge in [-0.15, -0.1) is 0 Å². The Morgan fingerprint density at radius 2 is 1.94 bits per heavy atom. The Labute approximate surface area is 209 Å². The van der Waals surface area contributed by atoms with E-state index < -0.39 is 0 Å². The SMILES string of the molecule is C=C1[C@H](CO)C/C(=C/C=C2\CCC[C@@]3(C)[C@H]2CC[C@]3(C)[C@H](C)CCCN(C)C2CC2)C[C@H]1OC. The maximum Gasteiger partial charge on any atom is 0.0819 e. The molecule has 4 aliphatic carbocycles. The number of nitrogens with zero attached hydrogens (tertiary/aromatic N) is 1. The third-order valence-electron chi connectivity index (χ3n) is 11.0. The van der Waals surface area contributed by atoms with Crippen LogP contribution in [0.4, 0.5) is 0 Å². The van der Waals surface area contributed by atoms with Gasteiger partial charge in [-0.2, -0.15) is 0 Å². The van der Waals surface area contributed by atoms with Crippen LogP contribution in [0.3, 0.4) is 0 Å². The highest BCUT2D eigenvalue weighted by atomic mass is 16.5. The number of fused-ring (bicyclic) bond motifs is 1. The number of rotatable bonds is 9. The van der Waals surface area contributed by atoms with Crippen molar-refractivity contribution in [2.24, 2.45) is 28.6 Å². The van der Waals surface area contributed by atoms with Crippen LogP contribution in [0.5, 0.6) is 0 Å². The third-order valence-corrected chi connectivity index (χ3v) is 11.0. The summed E-state index contributed by atoms with van der Waals surface area (Å²) in [6.45, 7) is 13.5. The first-order chi connectivity index (χ1) is 16.2. The first kappa shape index (κ1) is 26.2. The van der Waals surface area contributed by atoms with Gasteiger partial charge in [-0.1, -0.05) is 50.6 Å². The second kappa shape index (κ2) is 10.6. The molecule has 3 heteroatoms. The maximum atomic E-state index is 9.84. The number of aliphatic hydroxyl groups is 1. The van der Waals surface area contributed by atoms with Crippen LogP contribution in [0.15, 0.2) is 35.5 Å². The number of allylic oxidation sites excluding steroid dienone is 3. The summed E-state index contributed by atoms with van der Waals surface area (Å²) < 4.78 is 5.68. The van der Waals surface area contributed by atoms with E-state index in [1.165, 1.54) is 69.9 Å². The molecule has 0 aromatic carbocycles. The van der Waals surface area contributed by atoms with E-state index in [9.17, 15) is 5.11 Å². The summed E-state index contributed by atoms with van der Waals surface area (Å²) in [7, 11) is 4.09. The molecule has 4 fully saturated rings. The van der Waals surface area contributed by atoms with Gasteiger partial charge >= 0.3 is 0 Å². The fourth-order valence-electron chi connectivity index (χ4n) is 7.95. The van der Waals surface area contributed by atoms with E-state index in [-0.39, 0.29) is 18.6 Å². The Morgan fingerprint density at radius 1 is 1.18 bits per heavy atom. The molecule has 0 bridgehead atoms. The highest BCUT2D eigenvalue weighted by molar-refractivity contribution is 5.30. The zero-order chi connectivity index (χ0) is 24.5. The summed E-state index contributed by atoms with van der Waals surface area (Å²) in [5.74, 6) is 1.64. The lowest BCUT2D eigenvalue weighted by atomic mass is 9.53. The van der Waals surface area contributed by atoms with Crippen LogP contribution in [-0.4, -0.2) is 49.5 Å². The van der Waals surface area contributed by atoms with Crippen LogP contribution in [-0.2, 0) is 4.74 Å². The smallest absolute Gasteiger partial charge is 0.0819 e. The van der Waals surface area contributed by atoms with Crippen molar-refractivity contribution in [3.05, 3.63) is 35.5 Å². The molecule has 6 atom stereocenters. The molecule has 0 heterocycles. The van der Waals surface area contributed by atoms with Gasteiger partial charge < -0.3 is 14.7 Å². The monoisotopic (exact) mass is 469 g/mol. The zero-order valence-electron chi connectivity index (χ0n) is 22.7. The minimum atomic E-state index is 0.0433. The van der Waals surface area contributed by atoms with Crippen molar-refractivity contribution in [1.29, 1.82) is 0 Å². The van der Waals surface area contributed by atoms with Crippen LogP contribution < -0.4 is 0 Å². The van der Waals surface area contributed by atoms with Gasteiger partial charge in [-0.05, 0) is 112 Å². The van der Waals surface area contributed by atoms with Gasteiger partial charge in [-0.25, -0.2) is 0 Å². The van der Waals surface area contributed by atoms with E-state index in [1.807, 2.05) is 0 Å². The second-order valence-electron chi connectivity index (χ2n) is 12.7. The van der Waals surface area contributed by atoms with E-state index >= 15 is 0 Å². The van der Waals surface area contributed by atoms with Gasteiger partial charge in [0.05, 0.1) is 6.10 Å². The summed E-state index contributed by atoms with van der Waals surface area (Å²) in [4.78, 5) is 2.60. The predicted molar refractivity (Wildman–Crippen MR) is 143 cm³/mol. The third kappa shape index (κ3) is 5.00. The molecular weight excluding hydrogens is 418 g/mol. The number of hydrogen-bond donors (Lipinski definition) is 1. The molecule has 3 nitrogen and oxygen atoms in total. The van der Waals surface area contributed by atoms with Crippen molar-refractivity contribution in [3.63, 3.8) is 0 Å². The van der Waals surface area contributed by atoms with Gasteiger partial charge in [0.2, 0.25) is 0 Å².